The lowest BCUT2D eigenvalue weighted by molar-refractivity contribution is 0.0925. The van der Waals surface area contributed by atoms with Crippen molar-refractivity contribution in [2.45, 2.75) is 32.8 Å². The molecule has 1 aromatic carbocycles. The lowest BCUT2D eigenvalue weighted by Crippen LogP contribution is -2.13. The zero-order valence-electron chi connectivity index (χ0n) is 10.9. The summed E-state index contributed by atoms with van der Waals surface area (Å²) in [5, 5.41) is 3.36. The summed E-state index contributed by atoms with van der Waals surface area (Å²) in [6.45, 7) is 8.34. The van der Waals surface area contributed by atoms with E-state index in [1.165, 1.54) is 17.5 Å². The predicted molar refractivity (Wildman–Crippen MR) is 71.2 cm³/mol. The average molecular weight is 233 g/mol. The molecule has 0 aromatic heterocycles. The summed E-state index contributed by atoms with van der Waals surface area (Å²) in [4.78, 5) is 0. The maximum Gasteiger partial charge on any atom is 0.0717 e. The van der Waals surface area contributed by atoms with Crippen molar-refractivity contribution in [3.8, 4) is 0 Å². The molecule has 0 radical (unpaired) electrons. The fourth-order valence-electron chi connectivity index (χ4n) is 2.20. The Balaban J connectivity index is 1.74. The third-order valence-corrected chi connectivity index (χ3v) is 3.43. The van der Waals surface area contributed by atoms with Crippen LogP contribution in [0.1, 0.15) is 37.3 Å². The van der Waals surface area contributed by atoms with Crippen molar-refractivity contribution in [1.29, 1.82) is 0 Å². The third kappa shape index (κ3) is 3.83. The summed E-state index contributed by atoms with van der Waals surface area (Å²) >= 11 is 0. The standard InChI is InChI=1S/C15H23NO/c1-12(2)15-5-3-13(4-6-15)10-17-11-14-7-8-16-9-14/h3-6,12,14,16H,7-11H2,1-2H3. The molecule has 1 aromatic rings. The van der Waals surface area contributed by atoms with Crippen LogP contribution in [0.25, 0.3) is 0 Å². The number of rotatable bonds is 5. The first-order chi connectivity index (χ1) is 8.25. The zero-order chi connectivity index (χ0) is 12.1. The van der Waals surface area contributed by atoms with Crippen molar-refractivity contribution >= 4 is 0 Å². The van der Waals surface area contributed by atoms with Crippen LogP contribution in [0.4, 0.5) is 0 Å². The molecule has 2 rings (SSSR count). The van der Waals surface area contributed by atoms with Gasteiger partial charge in [-0.1, -0.05) is 38.1 Å². The van der Waals surface area contributed by atoms with Crippen molar-refractivity contribution in [1.82, 2.24) is 5.32 Å². The van der Waals surface area contributed by atoms with Gasteiger partial charge in [0.05, 0.1) is 13.2 Å². The van der Waals surface area contributed by atoms with E-state index in [2.05, 4.69) is 43.4 Å². The number of ether oxygens (including phenoxy) is 1. The highest BCUT2D eigenvalue weighted by Gasteiger charge is 2.13. The molecule has 2 nitrogen and oxygen atoms in total. The molecule has 1 saturated heterocycles. The Morgan fingerprint density at radius 1 is 1.29 bits per heavy atom. The monoisotopic (exact) mass is 233 g/mol. The summed E-state index contributed by atoms with van der Waals surface area (Å²) < 4.78 is 5.76. The minimum absolute atomic E-state index is 0.606. The van der Waals surface area contributed by atoms with Crippen molar-refractivity contribution in [3.05, 3.63) is 35.4 Å². The molecule has 0 bridgehead atoms. The van der Waals surface area contributed by atoms with E-state index in [4.69, 9.17) is 4.74 Å². The van der Waals surface area contributed by atoms with Crippen molar-refractivity contribution < 1.29 is 4.74 Å². The largest absolute Gasteiger partial charge is 0.376 e. The molecule has 17 heavy (non-hydrogen) atoms. The smallest absolute Gasteiger partial charge is 0.0717 e. The average Bonchev–Trinajstić information content (AvgIpc) is 2.83. The Hall–Kier alpha value is -0.860. The van der Waals surface area contributed by atoms with Crippen LogP contribution >= 0.6 is 0 Å². The molecule has 1 aliphatic heterocycles. The Morgan fingerprint density at radius 3 is 2.65 bits per heavy atom. The SMILES string of the molecule is CC(C)c1ccc(COCC2CCNC2)cc1. The first kappa shape index (κ1) is 12.6. The van der Waals surface area contributed by atoms with E-state index in [1.54, 1.807) is 0 Å². The molecule has 1 N–H and O–H groups in total. The molecule has 1 atom stereocenters. The van der Waals surface area contributed by atoms with Crippen LogP contribution in [-0.2, 0) is 11.3 Å². The first-order valence-corrected chi connectivity index (χ1v) is 6.63. The van der Waals surface area contributed by atoms with Crippen molar-refractivity contribution in [2.75, 3.05) is 19.7 Å². The molecule has 0 amide bonds. The van der Waals surface area contributed by atoms with Crippen LogP contribution < -0.4 is 5.32 Å². The molecule has 1 unspecified atom stereocenters. The highest BCUT2D eigenvalue weighted by molar-refractivity contribution is 5.24. The summed E-state index contributed by atoms with van der Waals surface area (Å²) in [5.41, 5.74) is 2.68. The van der Waals surface area contributed by atoms with E-state index in [1.807, 2.05) is 0 Å². The normalized spacial score (nSPS) is 20.1. The van der Waals surface area contributed by atoms with Gasteiger partial charge in [0, 0.05) is 6.54 Å². The molecule has 1 heterocycles. The Kier molecular flexibility index (Phi) is 4.57. The highest BCUT2D eigenvalue weighted by Crippen LogP contribution is 2.15. The molecule has 2 heteroatoms. The van der Waals surface area contributed by atoms with Crippen LogP contribution in [0, 0.1) is 5.92 Å². The van der Waals surface area contributed by atoms with Crippen LogP contribution in [0.2, 0.25) is 0 Å². The maximum atomic E-state index is 5.76. The molecule has 0 spiro atoms. The fourth-order valence-corrected chi connectivity index (χ4v) is 2.20. The minimum atomic E-state index is 0.606. The zero-order valence-corrected chi connectivity index (χ0v) is 10.9. The van der Waals surface area contributed by atoms with E-state index in [9.17, 15) is 0 Å². The van der Waals surface area contributed by atoms with Crippen LogP contribution in [0.3, 0.4) is 0 Å². The van der Waals surface area contributed by atoms with Gasteiger partial charge in [-0.05, 0) is 35.9 Å². The Morgan fingerprint density at radius 2 is 2.06 bits per heavy atom. The van der Waals surface area contributed by atoms with Gasteiger partial charge in [0.15, 0.2) is 0 Å². The van der Waals surface area contributed by atoms with E-state index < -0.39 is 0 Å². The van der Waals surface area contributed by atoms with E-state index in [0.717, 1.165) is 26.3 Å². The highest BCUT2D eigenvalue weighted by atomic mass is 16.5. The second-order valence-corrected chi connectivity index (χ2v) is 5.27. The second-order valence-electron chi connectivity index (χ2n) is 5.27. The van der Waals surface area contributed by atoms with Gasteiger partial charge in [0.2, 0.25) is 0 Å². The number of nitrogens with one attached hydrogen (secondary N) is 1. The predicted octanol–water partition coefficient (Wildman–Crippen LogP) is 2.94. The second kappa shape index (κ2) is 6.18. The van der Waals surface area contributed by atoms with Gasteiger partial charge in [-0.25, -0.2) is 0 Å². The molecular weight excluding hydrogens is 210 g/mol. The number of hydrogen-bond acceptors (Lipinski definition) is 2. The van der Waals surface area contributed by atoms with Crippen LogP contribution in [-0.4, -0.2) is 19.7 Å². The van der Waals surface area contributed by atoms with Crippen molar-refractivity contribution in [2.24, 2.45) is 5.92 Å². The quantitative estimate of drug-likeness (QED) is 0.844. The summed E-state index contributed by atoms with van der Waals surface area (Å²) in [5.74, 6) is 1.32. The van der Waals surface area contributed by atoms with E-state index in [0.29, 0.717) is 11.8 Å². The molecule has 0 aliphatic carbocycles. The number of benzene rings is 1. The van der Waals surface area contributed by atoms with Crippen molar-refractivity contribution in [3.63, 3.8) is 0 Å². The van der Waals surface area contributed by atoms with Crippen LogP contribution in [0.15, 0.2) is 24.3 Å². The van der Waals surface area contributed by atoms with Crippen LogP contribution in [0.5, 0.6) is 0 Å². The summed E-state index contributed by atoms with van der Waals surface area (Å²) in [6, 6.07) is 8.78. The van der Waals surface area contributed by atoms with Gasteiger partial charge in [-0.15, -0.1) is 0 Å². The van der Waals surface area contributed by atoms with Gasteiger partial charge >= 0.3 is 0 Å². The lowest BCUT2D eigenvalue weighted by Gasteiger charge is -2.10. The van der Waals surface area contributed by atoms with Gasteiger partial charge < -0.3 is 10.1 Å². The van der Waals surface area contributed by atoms with Gasteiger partial charge in [0.25, 0.3) is 0 Å². The Bertz CT molecular complexity index is 325. The third-order valence-electron chi connectivity index (χ3n) is 3.43. The minimum Gasteiger partial charge on any atom is -0.376 e. The fraction of sp³-hybridized carbons (Fsp3) is 0.600. The summed E-state index contributed by atoms with van der Waals surface area (Å²) in [7, 11) is 0. The van der Waals surface area contributed by atoms with E-state index >= 15 is 0 Å². The number of hydrogen-bond donors (Lipinski definition) is 1. The molecule has 1 aliphatic rings. The summed E-state index contributed by atoms with van der Waals surface area (Å²) in [6.07, 6.45) is 1.26. The van der Waals surface area contributed by atoms with Gasteiger partial charge in [0.1, 0.15) is 0 Å². The first-order valence-electron chi connectivity index (χ1n) is 6.63. The lowest BCUT2D eigenvalue weighted by atomic mass is 10.0. The Labute approximate surface area is 104 Å². The van der Waals surface area contributed by atoms with Gasteiger partial charge in [-0.3, -0.25) is 0 Å². The van der Waals surface area contributed by atoms with E-state index in [-0.39, 0.29) is 0 Å². The molecule has 1 fully saturated rings. The molecular formula is C15H23NO. The molecule has 94 valence electrons. The molecule has 0 saturated carbocycles. The van der Waals surface area contributed by atoms with Gasteiger partial charge in [-0.2, -0.15) is 0 Å². The maximum absolute atomic E-state index is 5.76. The topological polar surface area (TPSA) is 21.3 Å².